The molecule has 2 aliphatic rings. The Morgan fingerprint density at radius 2 is 1.79 bits per heavy atom. The van der Waals surface area contributed by atoms with Crippen LogP contribution in [0.3, 0.4) is 0 Å². The summed E-state index contributed by atoms with van der Waals surface area (Å²) in [6, 6.07) is 3.82. The van der Waals surface area contributed by atoms with Crippen LogP contribution in [0.15, 0.2) is 16.6 Å². The van der Waals surface area contributed by atoms with Gasteiger partial charge >= 0.3 is 0 Å². The van der Waals surface area contributed by atoms with Gasteiger partial charge in [0.15, 0.2) is 11.5 Å². The molecule has 1 N–H and O–H groups in total. The molecule has 1 heterocycles. The highest BCUT2D eigenvalue weighted by atomic mass is 79.9. The average molecular weight is 327 g/mol. The molecule has 0 spiro atoms. The van der Waals surface area contributed by atoms with Crippen LogP contribution in [0.4, 0.5) is 0 Å². The number of rotatable bonds is 3. The van der Waals surface area contributed by atoms with Gasteiger partial charge in [0.25, 0.3) is 0 Å². The molecule has 1 aliphatic heterocycles. The fraction of sp³-hybridized carbons (Fsp3) is 0.600. The van der Waals surface area contributed by atoms with Crippen LogP contribution in [0.1, 0.15) is 43.8 Å². The lowest BCUT2D eigenvalue weighted by Crippen LogP contribution is -2.16. The average Bonchev–Trinajstić information content (AvgIpc) is 2.90. The quantitative estimate of drug-likeness (QED) is 0.917. The highest BCUT2D eigenvalue weighted by molar-refractivity contribution is 9.10. The van der Waals surface area contributed by atoms with E-state index < -0.39 is 6.10 Å². The minimum atomic E-state index is -0.423. The predicted molar refractivity (Wildman–Crippen MR) is 76.7 cm³/mol. The fourth-order valence-electron chi connectivity index (χ4n) is 3.02. The van der Waals surface area contributed by atoms with Crippen LogP contribution in [0.2, 0.25) is 0 Å². The molecule has 1 saturated carbocycles. The van der Waals surface area contributed by atoms with Crippen molar-refractivity contribution in [3.05, 3.63) is 22.2 Å². The molecule has 0 amide bonds. The summed E-state index contributed by atoms with van der Waals surface area (Å²) in [5, 5.41) is 10.4. The van der Waals surface area contributed by atoms with Gasteiger partial charge in [-0.15, -0.1) is 0 Å². The lowest BCUT2D eigenvalue weighted by atomic mass is 9.95. The van der Waals surface area contributed by atoms with Crippen molar-refractivity contribution < 1.29 is 14.6 Å². The Labute approximate surface area is 122 Å². The number of benzene rings is 1. The first-order valence-corrected chi connectivity index (χ1v) is 7.80. The number of ether oxygens (including phenoxy) is 2. The number of hydrogen-bond donors (Lipinski definition) is 1. The van der Waals surface area contributed by atoms with Crippen molar-refractivity contribution in [1.29, 1.82) is 0 Å². The lowest BCUT2D eigenvalue weighted by molar-refractivity contribution is 0.141. The number of aliphatic hydroxyl groups is 1. The SMILES string of the molecule is OC(CC1CCCC1)c1cc2c(cc1Br)OCCO2. The normalized spacial score (nSPS) is 20.5. The van der Waals surface area contributed by atoms with E-state index in [1.807, 2.05) is 12.1 Å². The molecule has 3 rings (SSSR count). The van der Waals surface area contributed by atoms with Crippen molar-refractivity contribution >= 4 is 15.9 Å². The first kappa shape index (κ1) is 13.3. The highest BCUT2D eigenvalue weighted by Gasteiger charge is 2.23. The van der Waals surface area contributed by atoms with Crippen molar-refractivity contribution in [1.82, 2.24) is 0 Å². The molecule has 1 aliphatic carbocycles. The smallest absolute Gasteiger partial charge is 0.162 e. The Hall–Kier alpha value is -0.740. The first-order valence-electron chi connectivity index (χ1n) is 7.01. The third kappa shape index (κ3) is 2.90. The van der Waals surface area contributed by atoms with Gasteiger partial charge < -0.3 is 14.6 Å². The van der Waals surface area contributed by atoms with Gasteiger partial charge in [-0.2, -0.15) is 0 Å². The molecule has 0 radical (unpaired) electrons. The molecule has 1 atom stereocenters. The molecular weight excluding hydrogens is 308 g/mol. The predicted octanol–water partition coefficient (Wildman–Crippen LogP) is 3.83. The molecule has 19 heavy (non-hydrogen) atoms. The zero-order chi connectivity index (χ0) is 13.2. The van der Waals surface area contributed by atoms with E-state index in [0.29, 0.717) is 19.1 Å². The Morgan fingerprint density at radius 3 is 2.47 bits per heavy atom. The van der Waals surface area contributed by atoms with Crippen LogP contribution in [0.25, 0.3) is 0 Å². The number of hydrogen-bond acceptors (Lipinski definition) is 3. The standard InChI is InChI=1S/C15H19BrO3/c16-12-9-15-14(18-5-6-19-15)8-11(12)13(17)7-10-3-1-2-4-10/h8-10,13,17H,1-7H2. The van der Waals surface area contributed by atoms with Crippen molar-refractivity contribution in [2.24, 2.45) is 5.92 Å². The fourth-order valence-corrected chi connectivity index (χ4v) is 3.61. The molecule has 3 nitrogen and oxygen atoms in total. The molecule has 1 unspecified atom stereocenters. The highest BCUT2D eigenvalue weighted by Crippen LogP contribution is 2.40. The van der Waals surface area contributed by atoms with E-state index in [2.05, 4.69) is 15.9 Å². The Balaban J connectivity index is 1.78. The van der Waals surface area contributed by atoms with E-state index in [1.165, 1.54) is 25.7 Å². The second kappa shape index (κ2) is 5.71. The molecule has 1 fully saturated rings. The van der Waals surface area contributed by atoms with E-state index in [-0.39, 0.29) is 0 Å². The Bertz CT molecular complexity index is 455. The summed E-state index contributed by atoms with van der Waals surface area (Å²) >= 11 is 3.53. The van der Waals surface area contributed by atoms with E-state index >= 15 is 0 Å². The van der Waals surface area contributed by atoms with Gasteiger partial charge in [-0.3, -0.25) is 0 Å². The van der Waals surface area contributed by atoms with Gasteiger partial charge in [0.2, 0.25) is 0 Å². The number of halogens is 1. The van der Waals surface area contributed by atoms with Crippen LogP contribution < -0.4 is 9.47 Å². The first-order chi connectivity index (χ1) is 9.24. The van der Waals surface area contributed by atoms with Gasteiger partial charge in [-0.05, 0) is 30.0 Å². The maximum Gasteiger partial charge on any atom is 0.162 e. The summed E-state index contributed by atoms with van der Waals surface area (Å²) in [6.45, 7) is 1.16. The zero-order valence-electron chi connectivity index (χ0n) is 10.9. The summed E-state index contributed by atoms with van der Waals surface area (Å²) in [7, 11) is 0. The second-order valence-electron chi connectivity index (χ2n) is 5.42. The minimum Gasteiger partial charge on any atom is -0.486 e. The van der Waals surface area contributed by atoms with Crippen LogP contribution in [0, 0.1) is 5.92 Å². The van der Waals surface area contributed by atoms with Crippen LogP contribution >= 0.6 is 15.9 Å². The van der Waals surface area contributed by atoms with Crippen LogP contribution in [-0.2, 0) is 0 Å². The second-order valence-corrected chi connectivity index (χ2v) is 6.27. The van der Waals surface area contributed by atoms with Crippen LogP contribution in [-0.4, -0.2) is 18.3 Å². The summed E-state index contributed by atoms with van der Waals surface area (Å²) in [4.78, 5) is 0. The molecule has 0 aromatic heterocycles. The molecule has 0 saturated heterocycles. The van der Waals surface area contributed by atoms with Crippen molar-refractivity contribution in [3.63, 3.8) is 0 Å². The van der Waals surface area contributed by atoms with E-state index in [4.69, 9.17) is 9.47 Å². The number of aliphatic hydroxyl groups excluding tert-OH is 1. The van der Waals surface area contributed by atoms with Gasteiger partial charge in [0.05, 0.1) is 6.10 Å². The Kier molecular flexibility index (Phi) is 3.99. The molecule has 1 aromatic rings. The third-order valence-electron chi connectivity index (χ3n) is 4.05. The third-order valence-corrected chi connectivity index (χ3v) is 4.74. The molecule has 4 heteroatoms. The molecule has 0 bridgehead atoms. The maximum absolute atomic E-state index is 10.4. The topological polar surface area (TPSA) is 38.7 Å². The summed E-state index contributed by atoms with van der Waals surface area (Å²) in [5.74, 6) is 2.17. The minimum absolute atomic E-state index is 0.423. The monoisotopic (exact) mass is 326 g/mol. The zero-order valence-corrected chi connectivity index (χ0v) is 12.5. The summed E-state index contributed by atoms with van der Waals surface area (Å²) < 4.78 is 12.0. The van der Waals surface area contributed by atoms with Gasteiger partial charge in [0, 0.05) is 4.47 Å². The van der Waals surface area contributed by atoms with Gasteiger partial charge in [-0.1, -0.05) is 41.6 Å². The van der Waals surface area contributed by atoms with E-state index in [0.717, 1.165) is 28.0 Å². The largest absolute Gasteiger partial charge is 0.486 e. The van der Waals surface area contributed by atoms with E-state index in [9.17, 15) is 5.11 Å². The number of fused-ring (bicyclic) bond motifs is 1. The van der Waals surface area contributed by atoms with Crippen molar-refractivity contribution in [2.45, 2.75) is 38.2 Å². The van der Waals surface area contributed by atoms with Crippen molar-refractivity contribution in [2.75, 3.05) is 13.2 Å². The van der Waals surface area contributed by atoms with Crippen molar-refractivity contribution in [3.8, 4) is 11.5 Å². The van der Waals surface area contributed by atoms with Gasteiger partial charge in [0.1, 0.15) is 13.2 Å². The summed E-state index contributed by atoms with van der Waals surface area (Å²) in [6.07, 6.45) is 5.53. The molecule has 104 valence electrons. The van der Waals surface area contributed by atoms with Gasteiger partial charge in [-0.25, -0.2) is 0 Å². The molecule has 1 aromatic carbocycles. The Morgan fingerprint density at radius 1 is 1.16 bits per heavy atom. The summed E-state index contributed by atoms with van der Waals surface area (Å²) in [5.41, 5.74) is 0.913. The van der Waals surface area contributed by atoms with Crippen LogP contribution in [0.5, 0.6) is 11.5 Å². The lowest BCUT2D eigenvalue weighted by Gasteiger charge is -2.22. The van der Waals surface area contributed by atoms with E-state index in [1.54, 1.807) is 0 Å². The molecular formula is C15H19BrO3. The maximum atomic E-state index is 10.4.